The number of aliphatic hydroxyl groups excluding tert-OH is 1. The lowest BCUT2D eigenvalue weighted by Gasteiger charge is -2.04. The Bertz CT molecular complexity index is 188. The third-order valence-electron chi connectivity index (χ3n) is 1.46. The summed E-state index contributed by atoms with van der Waals surface area (Å²) in [6, 6.07) is 7.68. The molecule has 2 nitrogen and oxygen atoms in total. The molecule has 2 N–H and O–H groups in total. The molecular weight excluding hydrogens is 174 g/mol. The van der Waals surface area contributed by atoms with Crippen LogP contribution in [0.1, 0.15) is 33.3 Å². The molecule has 0 atom stereocenters. The molecule has 14 heavy (non-hydrogen) atoms. The van der Waals surface area contributed by atoms with Gasteiger partial charge in [-0.2, -0.15) is 0 Å². The van der Waals surface area contributed by atoms with Crippen LogP contribution in [0.25, 0.3) is 0 Å². The second-order valence-corrected chi connectivity index (χ2v) is 2.07. The van der Waals surface area contributed by atoms with E-state index in [0.717, 1.165) is 11.3 Å². The van der Waals surface area contributed by atoms with Crippen molar-refractivity contribution in [3.63, 3.8) is 0 Å². The first-order chi connectivity index (χ1) is 6.88. The number of anilines is 1. The molecule has 0 bridgehead atoms. The van der Waals surface area contributed by atoms with Crippen LogP contribution in [-0.2, 0) is 6.61 Å². The maximum atomic E-state index is 8.81. The average Bonchev–Trinajstić information content (AvgIpc) is 2.34. The number of benzene rings is 1. The molecule has 0 unspecified atom stereocenters. The molecule has 0 aromatic heterocycles. The molecule has 82 valence electrons. The summed E-state index contributed by atoms with van der Waals surface area (Å²) >= 11 is 0. The first-order valence-corrected chi connectivity index (χ1v) is 5.25. The lowest BCUT2D eigenvalue weighted by Crippen LogP contribution is -1.93. The van der Waals surface area contributed by atoms with E-state index in [1.807, 2.05) is 59.0 Å². The summed E-state index contributed by atoms with van der Waals surface area (Å²) in [7, 11) is 1.84. The van der Waals surface area contributed by atoms with Crippen LogP contribution in [0.4, 0.5) is 5.69 Å². The van der Waals surface area contributed by atoms with Gasteiger partial charge in [0.15, 0.2) is 0 Å². The van der Waals surface area contributed by atoms with E-state index in [1.54, 1.807) is 0 Å². The molecule has 0 fully saturated rings. The highest BCUT2D eigenvalue weighted by Crippen LogP contribution is 2.12. The fourth-order valence-electron chi connectivity index (χ4n) is 0.902. The van der Waals surface area contributed by atoms with Gasteiger partial charge in [0.1, 0.15) is 0 Å². The minimum Gasteiger partial charge on any atom is -0.392 e. The fraction of sp³-hybridized carbons (Fsp3) is 0.500. The van der Waals surface area contributed by atoms with Gasteiger partial charge in [0.2, 0.25) is 0 Å². The molecule has 1 rings (SSSR count). The first kappa shape index (κ1) is 15.5. The van der Waals surface area contributed by atoms with Gasteiger partial charge in [-0.1, -0.05) is 45.9 Å². The van der Waals surface area contributed by atoms with Gasteiger partial charge in [-0.25, -0.2) is 0 Å². The minimum absolute atomic E-state index is 0.0943. The van der Waals surface area contributed by atoms with E-state index in [4.69, 9.17) is 5.11 Å². The zero-order chi connectivity index (χ0) is 11.4. The molecule has 0 spiro atoms. The minimum atomic E-state index is 0.0943. The topological polar surface area (TPSA) is 32.3 Å². The Kier molecular flexibility index (Phi) is 13.2. The van der Waals surface area contributed by atoms with Gasteiger partial charge < -0.3 is 10.4 Å². The molecule has 0 radical (unpaired) electrons. The second-order valence-electron chi connectivity index (χ2n) is 2.07. The van der Waals surface area contributed by atoms with Crippen LogP contribution in [0.15, 0.2) is 24.3 Å². The number of rotatable bonds is 2. The van der Waals surface area contributed by atoms with Crippen molar-refractivity contribution in [2.24, 2.45) is 0 Å². The third-order valence-corrected chi connectivity index (χ3v) is 1.46. The monoisotopic (exact) mass is 197 g/mol. The zero-order valence-electron chi connectivity index (χ0n) is 9.96. The number of hydrogen-bond donors (Lipinski definition) is 2. The molecule has 0 aliphatic heterocycles. The highest BCUT2D eigenvalue weighted by molar-refractivity contribution is 5.49. The summed E-state index contributed by atoms with van der Waals surface area (Å²) in [5.74, 6) is 0. The van der Waals surface area contributed by atoms with Crippen LogP contribution in [0, 0.1) is 0 Å². The number of hydrogen-bond acceptors (Lipinski definition) is 2. The third kappa shape index (κ3) is 5.60. The summed E-state index contributed by atoms with van der Waals surface area (Å²) in [4.78, 5) is 0. The summed E-state index contributed by atoms with van der Waals surface area (Å²) in [6.45, 7) is 8.09. The van der Waals surface area contributed by atoms with E-state index in [-0.39, 0.29) is 6.61 Å². The molecule has 2 heteroatoms. The van der Waals surface area contributed by atoms with Gasteiger partial charge in [0.05, 0.1) is 6.61 Å². The second kappa shape index (κ2) is 12.0. The molecule has 0 saturated carbocycles. The Balaban J connectivity index is 0. The van der Waals surface area contributed by atoms with Crippen molar-refractivity contribution >= 4 is 5.69 Å². The van der Waals surface area contributed by atoms with E-state index in [0.29, 0.717) is 0 Å². The number of para-hydroxylation sites is 1. The highest BCUT2D eigenvalue weighted by Gasteiger charge is 1.94. The Labute approximate surface area is 88.0 Å². The van der Waals surface area contributed by atoms with Crippen molar-refractivity contribution in [3.05, 3.63) is 29.8 Å². The molecule has 0 amide bonds. The largest absolute Gasteiger partial charge is 0.392 e. The van der Waals surface area contributed by atoms with Crippen molar-refractivity contribution < 1.29 is 5.11 Å². The molecule has 0 saturated heterocycles. The quantitative estimate of drug-likeness (QED) is 0.762. The van der Waals surface area contributed by atoms with Gasteiger partial charge in [-0.3, -0.25) is 0 Å². The number of nitrogens with one attached hydrogen (secondary N) is 1. The van der Waals surface area contributed by atoms with Gasteiger partial charge in [-0.15, -0.1) is 0 Å². The standard InChI is InChI=1S/C8H11NO.2C2H6/c1-9-8-5-3-2-4-7(8)6-10;2*1-2/h2-5,9-10H,6H2,1H3;2*1-2H3. The van der Waals surface area contributed by atoms with Gasteiger partial charge in [0, 0.05) is 18.3 Å². The normalized spacial score (nSPS) is 7.57. The first-order valence-electron chi connectivity index (χ1n) is 5.25. The number of aliphatic hydroxyl groups is 1. The van der Waals surface area contributed by atoms with Gasteiger partial charge >= 0.3 is 0 Å². The average molecular weight is 197 g/mol. The molecule has 1 aromatic carbocycles. The maximum Gasteiger partial charge on any atom is 0.0701 e. The van der Waals surface area contributed by atoms with Crippen LogP contribution in [-0.4, -0.2) is 12.2 Å². The van der Waals surface area contributed by atoms with Crippen LogP contribution < -0.4 is 5.32 Å². The van der Waals surface area contributed by atoms with Crippen LogP contribution in [0.3, 0.4) is 0 Å². The van der Waals surface area contributed by atoms with E-state index >= 15 is 0 Å². The lowest BCUT2D eigenvalue weighted by molar-refractivity contribution is 0.282. The van der Waals surface area contributed by atoms with Gasteiger partial charge in [-0.05, 0) is 6.07 Å². The maximum absolute atomic E-state index is 8.81. The van der Waals surface area contributed by atoms with E-state index in [2.05, 4.69) is 5.32 Å². The zero-order valence-corrected chi connectivity index (χ0v) is 9.96. The predicted molar refractivity (Wildman–Crippen MR) is 64.6 cm³/mol. The Morgan fingerprint density at radius 2 is 1.57 bits per heavy atom. The van der Waals surface area contributed by atoms with Crippen molar-refractivity contribution in [2.75, 3.05) is 12.4 Å². The molecule has 0 aliphatic rings. The molecular formula is C12H23NO. The van der Waals surface area contributed by atoms with Crippen molar-refractivity contribution in [3.8, 4) is 0 Å². The smallest absolute Gasteiger partial charge is 0.0701 e. The van der Waals surface area contributed by atoms with Crippen LogP contribution >= 0.6 is 0 Å². The van der Waals surface area contributed by atoms with Crippen LogP contribution in [0.5, 0.6) is 0 Å². The van der Waals surface area contributed by atoms with Crippen molar-refractivity contribution in [1.29, 1.82) is 0 Å². The predicted octanol–water partition coefficient (Wildman–Crippen LogP) is 3.27. The van der Waals surface area contributed by atoms with Crippen molar-refractivity contribution in [1.82, 2.24) is 0 Å². The molecule has 1 aromatic rings. The summed E-state index contributed by atoms with van der Waals surface area (Å²) < 4.78 is 0. The van der Waals surface area contributed by atoms with Crippen molar-refractivity contribution in [2.45, 2.75) is 34.3 Å². The Morgan fingerprint density at radius 1 is 1.07 bits per heavy atom. The summed E-state index contributed by atoms with van der Waals surface area (Å²) in [5, 5.41) is 11.8. The van der Waals surface area contributed by atoms with E-state index in [1.165, 1.54) is 0 Å². The Morgan fingerprint density at radius 3 is 1.93 bits per heavy atom. The van der Waals surface area contributed by atoms with E-state index < -0.39 is 0 Å². The van der Waals surface area contributed by atoms with Gasteiger partial charge in [0.25, 0.3) is 0 Å². The Hall–Kier alpha value is -1.02. The molecule has 0 aliphatic carbocycles. The summed E-state index contributed by atoms with van der Waals surface area (Å²) in [6.07, 6.45) is 0. The fourth-order valence-corrected chi connectivity index (χ4v) is 0.902. The SMILES string of the molecule is CC.CC.CNc1ccccc1CO. The van der Waals surface area contributed by atoms with Crippen LogP contribution in [0.2, 0.25) is 0 Å². The molecule has 0 heterocycles. The van der Waals surface area contributed by atoms with E-state index in [9.17, 15) is 0 Å². The summed E-state index contributed by atoms with van der Waals surface area (Å²) in [5.41, 5.74) is 1.93. The highest BCUT2D eigenvalue weighted by atomic mass is 16.3. The lowest BCUT2D eigenvalue weighted by atomic mass is 10.2.